The third-order valence-electron chi connectivity index (χ3n) is 8.05. The molecule has 0 amide bonds. The molecule has 4 fully saturated rings. The van der Waals surface area contributed by atoms with Crippen molar-refractivity contribution in [1.82, 2.24) is 4.90 Å². The van der Waals surface area contributed by atoms with Crippen LogP contribution in [0.3, 0.4) is 0 Å². The molecule has 0 aromatic heterocycles. The second-order valence-corrected chi connectivity index (χ2v) is 10.5. The van der Waals surface area contributed by atoms with Gasteiger partial charge in [0.1, 0.15) is 6.61 Å². The van der Waals surface area contributed by atoms with Crippen molar-refractivity contribution in [3.63, 3.8) is 0 Å². The van der Waals surface area contributed by atoms with Gasteiger partial charge in [0.25, 0.3) is 0 Å². The van der Waals surface area contributed by atoms with E-state index in [4.69, 9.17) is 4.74 Å². The van der Waals surface area contributed by atoms with E-state index in [-0.39, 0.29) is 34.6 Å². The molecule has 0 radical (unpaired) electrons. The highest BCUT2D eigenvalue weighted by Gasteiger charge is 2.66. The van der Waals surface area contributed by atoms with Crippen LogP contribution in [0.4, 0.5) is 0 Å². The van der Waals surface area contributed by atoms with Gasteiger partial charge in [-0.05, 0) is 80.5 Å². The molecule has 2 aromatic rings. The highest BCUT2D eigenvalue weighted by Crippen LogP contribution is 2.70. The van der Waals surface area contributed by atoms with E-state index in [9.17, 15) is 4.79 Å². The number of carbonyl (C=O) groups excluding carboxylic acids is 1. The first-order chi connectivity index (χ1) is 14.5. The Morgan fingerprint density at radius 1 is 0.871 bits per heavy atom. The fourth-order valence-electron chi connectivity index (χ4n) is 7.37. The van der Waals surface area contributed by atoms with Gasteiger partial charge in [-0.15, -0.1) is 12.4 Å². The van der Waals surface area contributed by atoms with E-state index in [0.717, 1.165) is 32.2 Å². The average Bonchev–Trinajstić information content (AvgIpc) is 2.74. The minimum Gasteiger partial charge on any atom is -0.464 e. The Bertz CT molecular complexity index is 858. The number of likely N-dealkylation sites (N-methyl/N-ethyl adjacent to an activating group) is 1. The van der Waals surface area contributed by atoms with Crippen molar-refractivity contribution in [2.75, 3.05) is 27.2 Å². The van der Waals surface area contributed by atoms with Crippen LogP contribution in [0.5, 0.6) is 0 Å². The Hall–Kier alpha value is -1.84. The second kappa shape index (κ2) is 8.26. The molecular weight excluding hydrogens is 406 g/mol. The minimum absolute atomic E-state index is 0. The Labute approximate surface area is 192 Å². The Balaban J connectivity index is 0.00000231. The summed E-state index contributed by atoms with van der Waals surface area (Å²) < 4.78 is 5.92. The van der Waals surface area contributed by atoms with E-state index in [1.807, 2.05) is 14.1 Å². The highest BCUT2D eigenvalue weighted by molar-refractivity contribution is 5.85. The minimum atomic E-state index is -0.350. The maximum atomic E-state index is 13.6. The third kappa shape index (κ3) is 3.81. The molecule has 0 saturated heterocycles. The van der Waals surface area contributed by atoms with Gasteiger partial charge >= 0.3 is 5.97 Å². The quantitative estimate of drug-likeness (QED) is 0.566. The molecule has 2 aromatic carbocycles. The molecule has 4 aliphatic carbocycles. The lowest BCUT2D eigenvalue weighted by Gasteiger charge is -2.66. The predicted molar refractivity (Wildman–Crippen MR) is 127 cm³/mol. The number of hydrogen-bond donors (Lipinski definition) is 0. The summed E-state index contributed by atoms with van der Waals surface area (Å²) in [7, 11) is 4.04. The third-order valence-corrected chi connectivity index (χ3v) is 8.05. The van der Waals surface area contributed by atoms with Crippen molar-refractivity contribution in [2.24, 2.45) is 11.3 Å². The van der Waals surface area contributed by atoms with Gasteiger partial charge in [0.15, 0.2) is 0 Å². The predicted octanol–water partition coefficient (Wildman–Crippen LogP) is 5.37. The molecule has 0 spiro atoms. The summed E-state index contributed by atoms with van der Waals surface area (Å²) in [6.07, 6.45) is 6.44. The monoisotopic (exact) mass is 439 g/mol. The Morgan fingerprint density at radius 3 is 1.87 bits per heavy atom. The molecule has 2 unspecified atom stereocenters. The van der Waals surface area contributed by atoms with Crippen molar-refractivity contribution in [1.29, 1.82) is 0 Å². The molecule has 0 heterocycles. The zero-order valence-electron chi connectivity index (χ0n) is 18.7. The van der Waals surface area contributed by atoms with Gasteiger partial charge in [0, 0.05) is 6.54 Å². The van der Waals surface area contributed by atoms with Crippen molar-refractivity contribution >= 4 is 18.4 Å². The summed E-state index contributed by atoms with van der Waals surface area (Å²) in [5, 5.41) is 0. The SMILES string of the molecule is CN(C)CCOC(=O)C12CC3CC(c4ccccc4)(C1)CC(c1ccccc1)(C3)C2.Cl. The lowest BCUT2D eigenvalue weighted by atomic mass is 9.37. The van der Waals surface area contributed by atoms with E-state index < -0.39 is 0 Å². The first kappa shape index (κ1) is 22.4. The lowest BCUT2D eigenvalue weighted by Crippen LogP contribution is -2.62. The molecule has 0 aliphatic heterocycles. The van der Waals surface area contributed by atoms with Crippen LogP contribution in [0.2, 0.25) is 0 Å². The zero-order valence-corrected chi connectivity index (χ0v) is 19.5. The number of esters is 1. The van der Waals surface area contributed by atoms with Crippen molar-refractivity contribution < 1.29 is 9.53 Å². The van der Waals surface area contributed by atoms with Gasteiger partial charge in [-0.1, -0.05) is 60.7 Å². The topological polar surface area (TPSA) is 29.5 Å². The molecule has 3 nitrogen and oxygen atoms in total. The molecule has 31 heavy (non-hydrogen) atoms. The van der Waals surface area contributed by atoms with Gasteiger partial charge in [0.2, 0.25) is 0 Å². The van der Waals surface area contributed by atoms with Gasteiger partial charge < -0.3 is 9.64 Å². The summed E-state index contributed by atoms with van der Waals surface area (Å²) in [6.45, 7) is 1.26. The molecule has 0 N–H and O–H groups in total. The van der Waals surface area contributed by atoms with Crippen molar-refractivity contribution in [3.8, 4) is 0 Å². The molecule has 6 rings (SSSR count). The van der Waals surface area contributed by atoms with Crippen LogP contribution in [0.1, 0.15) is 49.7 Å². The Morgan fingerprint density at radius 2 is 1.39 bits per heavy atom. The summed E-state index contributed by atoms with van der Waals surface area (Å²) >= 11 is 0. The maximum Gasteiger partial charge on any atom is 0.312 e. The van der Waals surface area contributed by atoms with Crippen LogP contribution in [0, 0.1) is 11.3 Å². The summed E-state index contributed by atoms with van der Waals surface area (Å²) in [5.74, 6) is 0.636. The van der Waals surface area contributed by atoms with E-state index in [2.05, 4.69) is 65.6 Å². The Kier molecular flexibility index (Phi) is 5.95. The average molecular weight is 440 g/mol. The van der Waals surface area contributed by atoms with Gasteiger partial charge in [-0.25, -0.2) is 0 Å². The van der Waals surface area contributed by atoms with E-state index in [1.165, 1.54) is 24.0 Å². The number of hydrogen-bond acceptors (Lipinski definition) is 3. The van der Waals surface area contributed by atoms with Crippen molar-refractivity contribution in [2.45, 2.75) is 49.4 Å². The molecule has 4 bridgehead atoms. The summed E-state index contributed by atoms with van der Waals surface area (Å²) in [6, 6.07) is 22.0. The fraction of sp³-hybridized carbons (Fsp3) is 0.519. The standard InChI is InChI=1S/C27H33NO2.ClH/c1-28(2)13-14-30-24(29)27-17-21-15-25(19-27,22-9-5-3-6-10-22)18-26(16-21,20-27)23-11-7-4-8-12-23;/h3-12,21H,13-20H2,1-2H3;1H. The van der Waals surface area contributed by atoms with Gasteiger partial charge in [0.05, 0.1) is 5.41 Å². The number of carbonyl (C=O) groups is 1. The van der Waals surface area contributed by atoms with Crippen LogP contribution in [0.25, 0.3) is 0 Å². The first-order valence-corrected chi connectivity index (χ1v) is 11.4. The van der Waals surface area contributed by atoms with Gasteiger partial charge in [-0.3, -0.25) is 4.79 Å². The summed E-state index contributed by atoms with van der Waals surface area (Å²) in [5.41, 5.74) is 2.64. The number of halogens is 1. The highest BCUT2D eigenvalue weighted by atomic mass is 35.5. The van der Waals surface area contributed by atoms with E-state index in [0.29, 0.717) is 12.5 Å². The number of nitrogens with zero attached hydrogens (tertiary/aromatic N) is 1. The zero-order chi connectivity index (χ0) is 20.8. The van der Waals surface area contributed by atoms with Crippen molar-refractivity contribution in [3.05, 3.63) is 71.8 Å². The second-order valence-electron chi connectivity index (χ2n) is 10.5. The molecule has 166 valence electrons. The van der Waals surface area contributed by atoms with Crippen LogP contribution < -0.4 is 0 Å². The number of rotatable bonds is 6. The number of ether oxygens (including phenoxy) is 1. The van der Waals surface area contributed by atoms with E-state index in [1.54, 1.807) is 0 Å². The summed E-state index contributed by atoms with van der Waals surface area (Å²) in [4.78, 5) is 15.7. The van der Waals surface area contributed by atoms with Crippen LogP contribution in [-0.4, -0.2) is 38.1 Å². The molecule has 4 saturated carbocycles. The van der Waals surface area contributed by atoms with Crippen LogP contribution in [-0.2, 0) is 20.4 Å². The largest absolute Gasteiger partial charge is 0.464 e. The normalized spacial score (nSPS) is 33.2. The van der Waals surface area contributed by atoms with Gasteiger partial charge in [-0.2, -0.15) is 0 Å². The fourth-order valence-corrected chi connectivity index (χ4v) is 7.37. The lowest BCUT2D eigenvalue weighted by molar-refractivity contribution is -0.177. The first-order valence-electron chi connectivity index (χ1n) is 11.4. The molecule has 4 heteroatoms. The smallest absolute Gasteiger partial charge is 0.312 e. The molecule has 4 aliphatic rings. The molecular formula is C27H34ClNO2. The van der Waals surface area contributed by atoms with Crippen LogP contribution >= 0.6 is 12.4 Å². The maximum absolute atomic E-state index is 13.6. The molecule has 2 atom stereocenters. The van der Waals surface area contributed by atoms with E-state index >= 15 is 0 Å². The van der Waals surface area contributed by atoms with Crippen LogP contribution in [0.15, 0.2) is 60.7 Å². The number of benzene rings is 2.